The molecule has 1 aliphatic heterocycles. The SMILES string of the molecule is CCNC(=NC[C@@H]1COc2ccccc2O1)NCC. The molecular weight excluding hydrogens is 242 g/mol. The average molecular weight is 263 g/mol. The molecule has 1 heterocycles. The van der Waals surface area contributed by atoms with Crippen LogP contribution in [0.25, 0.3) is 0 Å². The molecule has 0 spiro atoms. The summed E-state index contributed by atoms with van der Waals surface area (Å²) in [4.78, 5) is 4.49. The third-order valence-corrected chi connectivity index (χ3v) is 2.71. The van der Waals surface area contributed by atoms with E-state index in [-0.39, 0.29) is 6.10 Å². The zero-order chi connectivity index (χ0) is 13.5. The molecule has 0 unspecified atom stereocenters. The molecule has 5 heteroatoms. The van der Waals surface area contributed by atoms with Crippen molar-refractivity contribution in [2.45, 2.75) is 20.0 Å². The van der Waals surface area contributed by atoms with Crippen molar-refractivity contribution in [3.63, 3.8) is 0 Å². The van der Waals surface area contributed by atoms with Gasteiger partial charge in [-0.05, 0) is 26.0 Å². The first-order chi connectivity index (χ1) is 9.33. The number of nitrogens with one attached hydrogen (secondary N) is 2. The van der Waals surface area contributed by atoms with E-state index in [1.807, 2.05) is 38.1 Å². The number of hydrogen-bond donors (Lipinski definition) is 2. The fraction of sp³-hybridized carbons (Fsp3) is 0.500. The van der Waals surface area contributed by atoms with Crippen LogP contribution in [0, 0.1) is 0 Å². The van der Waals surface area contributed by atoms with Crippen LogP contribution in [0.5, 0.6) is 11.5 Å². The molecule has 1 aromatic rings. The van der Waals surface area contributed by atoms with Crippen LogP contribution in [-0.2, 0) is 0 Å². The number of nitrogens with zero attached hydrogens (tertiary/aromatic N) is 1. The number of guanidine groups is 1. The molecule has 2 N–H and O–H groups in total. The van der Waals surface area contributed by atoms with E-state index in [1.165, 1.54) is 0 Å². The summed E-state index contributed by atoms with van der Waals surface area (Å²) < 4.78 is 11.5. The van der Waals surface area contributed by atoms with E-state index in [0.29, 0.717) is 13.2 Å². The molecule has 0 radical (unpaired) electrons. The Balaban J connectivity index is 1.92. The zero-order valence-electron chi connectivity index (χ0n) is 11.5. The maximum Gasteiger partial charge on any atom is 0.191 e. The minimum Gasteiger partial charge on any atom is -0.486 e. The van der Waals surface area contributed by atoms with Crippen LogP contribution in [0.1, 0.15) is 13.8 Å². The summed E-state index contributed by atoms with van der Waals surface area (Å²) in [6, 6.07) is 7.71. The van der Waals surface area contributed by atoms with E-state index in [4.69, 9.17) is 9.47 Å². The van der Waals surface area contributed by atoms with Crippen LogP contribution in [0.4, 0.5) is 0 Å². The molecule has 1 aromatic carbocycles. The smallest absolute Gasteiger partial charge is 0.191 e. The number of ether oxygens (including phenoxy) is 2. The summed E-state index contributed by atoms with van der Waals surface area (Å²) in [5.41, 5.74) is 0. The summed E-state index contributed by atoms with van der Waals surface area (Å²) in [5, 5.41) is 6.37. The number of aliphatic imine (C=N–C) groups is 1. The molecule has 0 saturated carbocycles. The highest BCUT2D eigenvalue weighted by atomic mass is 16.6. The van der Waals surface area contributed by atoms with Gasteiger partial charge in [0.25, 0.3) is 0 Å². The lowest BCUT2D eigenvalue weighted by molar-refractivity contribution is 0.0971. The van der Waals surface area contributed by atoms with Gasteiger partial charge in [-0.1, -0.05) is 12.1 Å². The summed E-state index contributed by atoms with van der Waals surface area (Å²) in [7, 11) is 0. The maximum absolute atomic E-state index is 5.85. The van der Waals surface area contributed by atoms with Crippen molar-refractivity contribution in [3.05, 3.63) is 24.3 Å². The quantitative estimate of drug-likeness (QED) is 0.637. The van der Waals surface area contributed by atoms with Gasteiger partial charge < -0.3 is 20.1 Å². The van der Waals surface area contributed by atoms with Gasteiger partial charge in [0.2, 0.25) is 0 Å². The highest BCUT2D eigenvalue weighted by Gasteiger charge is 2.20. The van der Waals surface area contributed by atoms with E-state index >= 15 is 0 Å². The van der Waals surface area contributed by atoms with Gasteiger partial charge in [-0.3, -0.25) is 0 Å². The topological polar surface area (TPSA) is 54.9 Å². The summed E-state index contributed by atoms with van der Waals surface area (Å²) in [5.74, 6) is 2.41. The highest BCUT2D eigenvalue weighted by molar-refractivity contribution is 5.79. The third kappa shape index (κ3) is 3.77. The molecule has 1 atom stereocenters. The number of fused-ring (bicyclic) bond motifs is 1. The van der Waals surface area contributed by atoms with Crippen LogP contribution < -0.4 is 20.1 Å². The highest BCUT2D eigenvalue weighted by Crippen LogP contribution is 2.30. The molecule has 0 bridgehead atoms. The number of rotatable bonds is 4. The fourth-order valence-electron chi connectivity index (χ4n) is 1.86. The second-order valence-corrected chi connectivity index (χ2v) is 4.25. The second kappa shape index (κ2) is 6.87. The Morgan fingerprint density at radius 2 is 1.89 bits per heavy atom. The first-order valence-corrected chi connectivity index (χ1v) is 6.74. The van der Waals surface area contributed by atoms with Gasteiger partial charge >= 0.3 is 0 Å². The van der Waals surface area contributed by atoms with Crippen molar-refractivity contribution < 1.29 is 9.47 Å². The van der Waals surface area contributed by atoms with E-state index in [9.17, 15) is 0 Å². The van der Waals surface area contributed by atoms with Gasteiger partial charge in [0.05, 0.1) is 6.54 Å². The molecule has 1 aliphatic rings. The third-order valence-electron chi connectivity index (χ3n) is 2.71. The Bertz CT molecular complexity index is 426. The van der Waals surface area contributed by atoms with Crippen LogP contribution in [0.2, 0.25) is 0 Å². The van der Waals surface area contributed by atoms with E-state index in [0.717, 1.165) is 30.5 Å². The van der Waals surface area contributed by atoms with Crippen LogP contribution in [0.15, 0.2) is 29.3 Å². The van der Waals surface area contributed by atoms with Crippen molar-refractivity contribution in [1.29, 1.82) is 0 Å². The predicted octanol–water partition coefficient (Wildman–Crippen LogP) is 1.40. The summed E-state index contributed by atoms with van der Waals surface area (Å²) in [6.07, 6.45) is -0.0396. The van der Waals surface area contributed by atoms with E-state index < -0.39 is 0 Å². The molecule has 0 amide bonds. The zero-order valence-corrected chi connectivity index (χ0v) is 11.5. The normalized spacial score (nSPS) is 16.6. The van der Waals surface area contributed by atoms with Gasteiger partial charge in [0.1, 0.15) is 6.61 Å². The Kier molecular flexibility index (Phi) is 4.89. The second-order valence-electron chi connectivity index (χ2n) is 4.25. The summed E-state index contributed by atoms with van der Waals surface area (Å²) >= 11 is 0. The van der Waals surface area contributed by atoms with Crippen LogP contribution in [-0.4, -0.2) is 38.3 Å². The number of benzene rings is 1. The van der Waals surface area contributed by atoms with E-state index in [2.05, 4.69) is 15.6 Å². The van der Waals surface area contributed by atoms with Crippen molar-refractivity contribution in [3.8, 4) is 11.5 Å². The van der Waals surface area contributed by atoms with Gasteiger partial charge in [0, 0.05) is 13.1 Å². The molecule has 104 valence electrons. The van der Waals surface area contributed by atoms with Crippen LogP contribution in [0.3, 0.4) is 0 Å². The lowest BCUT2D eigenvalue weighted by atomic mass is 10.2. The van der Waals surface area contributed by atoms with E-state index in [1.54, 1.807) is 0 Å². The number of hydrogen-bond acceptors (Lipinski definition) is 3. The molecule has 0 aliphatic carbocycles. The summed E-state index contributed by atoms with van der Waals surface area (Å²) in [6.45, 7) is 6.88. The molecule has 0 fully saturated rings. The molecule has 2 rings (SSSR count). The molecule has 5 nitrogen and oxygen atoms in total. The lowest BCUT2D eigenvalue weighted by Gasteiger charge is -2.25. The Morgan fingerprint density at radius 3 is 2.58 bits per heavy atom. The minimum atomic E-state index is -0.0396. The molecule has 0 aromatic heterocycles. The van der Waals surface area contributed by atoms with Gasteiger partial charge in [-0.2, -0.15) is 0 Å². The fourth-order valence-corrected chi connectivity index (χ4v) is 1.86. The molecular formula is C14H21N3O2. The van der Waals surface area contributed by atoms with Crippen LogP contribution >= 0.6 is 0 Å². The number of para-hydroxylation sites is 2. The van der Waals surface area contributed by atoms with Gasteiger partial charge in [-0.25, -0.2) is 4.99 Å². The Hall–Kier alpha value is -1.91. The standard InChI is InChI=1S/C14H21N3O2/c1-3-15-14(16-4-2)17-9-11-10-18-12-7-5-6-8-13(12)19-11/h5-8,11H,3-4,9-10H2,1-2H3,(H2,15,16,17)/t11-/m1/s1. The largest absolute Gasteiger partial charge is 0.486 e. The first kappa shape index (κ1) is 13.5. The first-order valence-electron chi connectivity index (χ1n) is 6.74. The maximum atomic E-state index is 5.85. The lowest BCUT2D eigenvalue weighted by Crippen LogP contribution is -2.39. The van der Waals surface area contributed by atoms with Crippen molar-refractivity contribution >= 4 is 5.96 Å². The Labute approximate surface area is 114 Å². The average Bonchev–Trinajstić information content (AvgIpc) is 2.45. The van der Waals surface area contributed by atoms with Gasteiger partial charge in [0.15, 0.2) is 23.6 Å². The monoisotopic (exact) mass is 263 g/mol. The van der Waals surface area contributed by atoms with Crippen molar-refractivity contribution in [1.82, 2.24) is 10.6 Å². The molecule has 0 saturated heterocycles. The Morgan fingerprint density at radius 1 is 1.21 bits per heavy atom. The van der Waals surface area contributed by atoms with Crippen molar-refractivity contribution in [2.24, 2.45) is 4.99 Å². The minimum absolute atomic E-state index is 0.0396. The van der Waals surface area contributed by atoms with Gasteiger partial charge in [-0.15, -0.1) is 0 Å². The predicted molar refractivity (Wildman–Crippen MR) is 76.0 cm³/mol. The molecule has 19 heavy (non-hydrogen) atoms. The van der Waals surface area contributed by atoms with Crippen molar-refractivity contribution in [2.75, 3.05) is 26.2 Å².